The van der Waals surface area contributed by atoms with Crippen LogP contribution in [0.25, 0.3) is 0 Å². The minimum atomic E-state index is 0.188. The zero-order valence-corrected chi connectivity index (χ0v) is 18.9. The summed E-state index contributed by atoms with van der Waals surface area (Å²) in [6.45, 7) is 0. The van der Waals surface area contributed by atoms with E-state index in [0.29, 0.717) is 10.7 Å². The van der Waals surface area contributed by atoms with Gasteiger partial charge in [-0.3, -0.25) is 5.43 Å². The Morgan fingerprint density at radius 3 is 2.36 bits per heavy atom. The number of hydrogen-bond donors (Lipinski definition) is 3. The van der Waals surface area contributed by atoms with Crippen molar-refractivity contribution in [2.24, 2.45) is 22.9 Å². The zero-order valence-electron chi connectivity index (χ0n) is 13.8. The molecule has 0 saturated heterocycles. The molecule has 4 aliphatic carbocycles. The SMILES string of the molecule is Oc1c(I)cc(I)cc1C=NNC(=S)NC12CC3CC(CC(C3)C1)C2. The minimum absolute atomic E-state index is 0.188. The van der Waals surface area contributed by atoms with Gasteiger partial charge in [-0.05, 0) is 126 Å². The van der Waals surface area contributed by atoms with E-state index in [1.54, 1.807) is 6.21 Å². The maximum Gasteiger partial charge on any atom is 0.187 e. The Labute approximate surface area is 180 Å². The van der Waals surface area contributed by atoms with Crippen molar-refractivity contribution in [3.8, 4) is 5.75 Å². The molecule has 4 saturated carbocycles. The van der Waals surface area contributed by atoms with Gasteiger partial charge in [-0.2, -0.15) is 5.10 Å². The highest BCUT2D eigenvalue weighted by molar-refractivity contribution is 14.1. The van der Waals surface area contributed by atoms with Crippen LogP contribution in [-0.2, 0) is 0 Å². The van der Waals surface area contributed by atoms with Crippen LogP contribution in [0.5, 0.6) is 5.75 Å². The molecule has 7 heteroatoms. The Bertz CT molecular complexity index is 702. The molecule has 0 atom stereocenters. The summed E-state index contributed by atoms with van der Waals surface area (Å²) >= 11 is 9.85. The number of hydrogen-bond acceptors (Lipinski definition) is 3. The summed E-state index contributed by atoms with van der Waals surface area (Å²) < 4.78 is 1.88. The van der Waals surface area contributed by atoms with Gasteiger partial charge in [0.25, 0.3) is 0 Å². The van der Waals surface area contributed by atoms with Gasteiger partial charge in [0, 0.05) is 14.7 Å². The van der Waals surface area contributed by atoms with Gasteiger partial charge in [-0.1, -0.05) is 0 Å². The third-order valence-electron chi connectivity index (χ3n) is 5.84. The van der Waals surface area contributed by atoms with Gasteiger partial charge >= 0.3 is 0 Å². The number of benzene rings is 1. The van der Waals surface area contributed by atoms with E-state index in [4.69, 9.17) is 12.2 Å². The van der Waals surface area contributed by atoms with E-state index in [2.05, 4.69) is 61.0 Å². The second kappa shape index (κ2) is 7.10. The lowest BCUT2D eigenvalue weighted by atomic mass is 9.53. The second-order valence-electron chi connectivity index (χ2n) is 7.85. The molecule has 4 aliphatic rings. The number of nitrogens with one attached hydrogen (secondary N) is 2. The van der Waals surface area contributed by atoms with E-state index in [-0.39, 0.29) is 11.3 Å². The van der Waals surface area contributed by atoms with Crippen LogP contribution in [0.15, 0.2) is 17.2 Å². The number of thiocarbonyl (C=S) groups is 1. The van der Waals surface area contributed by atoms with Crippen molar-refractivity contribution in [3.63, 3.8) is 0 Å². The summed E-state index contributed by atoms with van der Waals surface area (Å²) in [6, 6.07) is 3.83. The average molecular weight is 581 g/mol. The molecule has 0 heterocycles. The molecule has 0 radical (unpaired) electrons. The molecule has 1 aromatic carbocycles. The van der Waals surface area contributed by atoms with Gasteiger partial charge in [0.2, 0.25) is 0 Å². The topological polar surface area (TPSA) is 56.7 Å². The van der Waals surface area contributed by atoms with Crippen molar-refractivity contribution in [3.05, 3.63) is 24.8 Å². The molecule has 4 nitrogen and oxygen atoms in total. The first-order chi connectivity index (χ1) is 11.9. The fourth-order valence-electron chi connectivity index (χ4n) is 5.38. The molecule has 0 aliphatic heterocycles. The number of rotatable bonds is 3. The van der Waals surface area contributed by atoms with Gasteiger partial charge in [-0.25, -0.2) is 0 Å². The van der Waals surface area contributed by atoms with Crippen LogP contribution in [0.4, 0.5) is 0 Å². The highest BCUT2D eigenvalue weighted by atomic mass is 127. The molecule has 4 fully saturated rings. The quantitative estimate of drug-likeness (QED) is 0.215. The summed E-state index contributed by atoms with van der Waals surface area (Å²) in [7, 11) is 0. The maximum atomic E-state index is 10.1. The van der Waals surface area contributed by atoms with Crippen LogP contribution in [0.2, 0.25) is 0 Å². The molecule has 5 rings (SSSR count). The third kappa shape index (κ3) is 3.92. The van der Waals surface area contributed by atoms with Crippen LogP contribution in [0, 0.1) is 24.9 Å². The van der Waals surface area contributed by atoms with E-state index >= 15 is 0 Å². The van der Waals surface area contributed by atoms with E-state index in [1.807, 2.05) is 12.1 Å². The molecule has 0 aromatic heterocycles. The van der Waals surface area contributed by atoms with E-state index in [0.717, 1.165) is 24.9 Å². The molecule has 4 bridgehead atoms. The molecule has 134 valence electrons. The predicted octanol–water partition coefficient (Wildman–Crippen LogP) is 4.37. The van der Waals surface area contributed by atoms with E-state index in [1.165, 1.54) is 38.5 Å². The number of aromatic hydroxyl groups is 1. The summed E-state index contributed by atoms with van der Waals surface area (Å²) in [6.07, 6.45) is 9.64. The number of halogens is 2. The maximum absolute atomic E-state index is 10.1. The summed E-state index contributed by atoms with van der Waals surface area (Å²) in [5, 5.41) is 18.5. The standard InChI is InChI=1S/C18H21I2N3OS/c19-14-4-13(16(24)15(20)5-14)9-21-23-17(25)22-18-6-10-1-11(7-18)3-12(2-10)8-18/h4-5,9-12,24H,1-3,6-8H2,(H2,22,23,25). The van der Waals surface area contributed by atoms with Gasteiger partial charge < -0.3 is 10.4 Å². The fraction of sp³-hybridized carbons (Fsp3) is 0.556. The van der Waals surface area contributed by atoms with Crippen molar-refractivity contribution in [2.75, 3.05) is 0 Å². The largest absolute Gasteiger partial charge is 0.506 e. The van der Waals surface area contributed by atoms with Crippen LogP contribution >= 0.6 is 57.4 Å². The van der Waals surface area contributed by atoms with Crippen LogP contribution in [-0.4, -0.2) is 22.0 Å². The summed E-state index contributed by atoms with van der Waals surface area (Å²) in [5.41, 5.74) is 3.83. The van der Waals surface area contributed by atoms with Gasteiger partial charge in [0.05, 0.1) is 9.78 Å². The molecule has 3 N–H and O–H groups in total. The Balaban J connectivity index is 1.39. The average Bonchev–Trinajstić information content (AvgIpc) is 2.50. The van der Waals surface area contributed by atoms with Crippen molar-refractivity contribution < 1.29 is 5.11 Å². The van der Waals surface area contributed by atoms with E-state index < -0.39 is 0 Å². The number of phenolic OH excluding ortho intramolecular Hbond substituents is 1. The van der Waals surface area contributed by atoms with Gasteiger partial charge in [0.15, 0.2) is 5.11 Å². The van der Waals surface area contributed by atoms with Crippen LogP contribution in [0.3, 0.4) is 0 Å². The van der Waals surface area contributed by atoms with Crippen molar-refractivity contribution in [1.82, 2.24) is 10.7 Å². The first kappa shape index (κ1) is 18.2. The van der Waals surface area contributed by atoms with Crippen LogP contribution in [0.1, 0.15) is 44.1 Å². The van der Waals surface area contributed by atoms with Gasteiger partial charge in [-0.15, -0.1) is 0 Å². The molecule has 25 heavy (non-hydrogen) atoms. The van der Waals surface area contributed by atoms with Crippen molar-refractivity contribution >= 4 is 68.7 Å². The number of nitrogens with zero attached hydrogens (tertiary/aromatic N) is 1. The van der Waals surface area contributed by atoms with Crippen molar-refractivity contribution in [2.45, 2.75) is 44.1 Å². The molecular formula is C18H21I2N3OS. The molecule has 0 spiro atoms. The van der Waals surface area contributed by atoms with Crippen LogP contribution < -0.4 is 10.7 Å². The van der Waals surface area contributed by atoms with E-state index in [9.17, 15) is 5.11 Å². The lowest BCUT2D eigenvalue weighted by Crippen LogP contribution is -2.61. The number of phenols is 1. The lowest BCUT2D eigenvalue weighted by Gasteiger charge is -2.57. The number of hydrazone groups is 1. The fourth-order valence-corrected chi connectivity index (χ4v) is 7.54. The predicted molar refractivity (Wildman–Crippen MR) is 121 cm³/mol. The van der Waals surface area contributed by atoms with Gasteiger partial charge in [0.1, 0.15) is 5.75 Å². The molecule has 1 aromatic rings. The Morgan fingerprint density at radius 2 is 1.76 bits per heavy atom. The summed E-state index contributed by atoms with van der Waals surface area (Å²) in [4.78, 5) is 0. The second-order valence-corrected chi connectivity index (χ2v) is 10.7. The first-order valence-corrected chi connectivity index (χ1v) is 11.3. The first-order valence-electron chi connectivity index (χ1n) is 8.72. The summed E-state index contributed by atoms with van der Waals surface area (Å²) in [5.74, 6) is 2.91. The Morgan fingerprint density at radius 1 is 1.16 bits per heavy atom. The lowest BCUT2D eigenvalue weighted by molar-refractivity contribution is -0.0101. The zero-order chi connectivity index (χ0) is 17.6. The minimum Gasteiger partial charge on any atom is -0.506 e. The highest BCUT2D eigenvalue weighted by Gasteiger charge is 2.51. The monoisotopic (exact) mass is 581 g/mol. The highest BCUT2D eigenvalue weighted by Crippen LogP contribution is 2.55. The Hall–Kier alpha value is -0.160. The normalized spacial score (nSPS) is 33.0. The van der Waals surface area contributed by atoms with Crippen molar-refractivity contribution in [1.29, 1.82) is 0 Å². The smallest absolute Gasteiger partial charge is 0.187 e. The molecular weight excluding hydrogens is 560 g/mol. The molecule has 0 amide bonds. The third-order valence-corrected chi connectivity index (χ3v) is 7.48. The molecule has 0 unspecified atom stereocenters. The Kier molecular flexibility index (Phi) is 5.18.